The SMILES string of the molecule is CS(=O)(=O)CCNC(=O)NCc1ccccc1. The first-order valence-corrected chi connectivity index (χ1v) is 7.27. The fourth-order valence-corrected chi connectivity index (χ4v) is 1.66. The molecule has 0 aromatic heterocycles. The zero-order valence-corrected chi connectivity index (χ0v) is 10.5. The number of benzene rings is 1. The number of hydrogen-bond acceptors (Lipinski definition) is 3. The minimum Gasteiger partial charge on any atom is -0.337 e. The average Bonchev–Trinajstić information content (AvgIpc) is 2.26. The van der Waals surface area contributed by atoms with Gasteiger partial charge in [-0.25, -0.2) is 13.2 Å². The van der Waals surface area contributed by atoms with Crippen LogP contribution in [0, 0.1) is 0 Å². The first kappa shape index (κ1) is 13.5. The molecule has 0 aliphatic carbocycles. The van der Waals surface area contributed by atoms with Gasteiger partial charge in [0, 0.05) is 19.3 Å². The summed E-state index contributed by atoms with van der Waals surface area (Å²) in [6.45, 7) is 0.547. The molecular weight excluding hydrogens is 240 g/mol. The molecule has 5 nitrogen and oxygen atoms in total. The summed E-state index contributed by atoms with van der Waals surface area (Å²) in [5.74, 6) is -0.0498. The van der Waals surface area contributed by atoms with E-state index in [-0.39, 0.29) is 18.3 Å². The second-order valence-electron chi connectivity index (χ2n) is 3.72. The number of nitrogens with one attached hydrogen (secondary N) is 2. The summed E-state index contributed by atoms with van der Waals surface area (Å²) >= 11 is 0. The molecule has 0 heterocycles. The number of hydrogen-bond donors (Lipinski definition) is 2. The van der Waals surface area contributed by atoms with E-state index in [0.29, 0.717) is 6.54 Å². The summed E-state index contributed by atoms with van der Waals surface area (Å²) in [6, 6.07) is 9.11. The Labute approximate surface area is 101 Å². The summed E-state index contributed by atoms with van der Waals surface area (Å²) in [4.78, 5) is 11.3. The van der Waals surface area contributed by atoms with Crippen molar-refractivity contribution in [3.8, 4) is 0 Å². The summed E-state index contributed by atoms with van der Waals surface area (Å²) in [7, 11) is -3.03. The zero-order valence-electron chi connectivity index (χ0n) is 9.64. The lowest BCUT2D eigenvalue weighted by Gasteiger charge is -2.06. The first-order valence-electron chi connectivity index (χ1n) is 5.21. The lowest BCUT2D eigenvalue weighted by atomic mass is 10.2. The van der Waals surface area contributed by atoms with E-state index in [2.05, 4.69) is 10.6 Å². The monoisotopic (exact) mass is 256 g/mol. The minimum atomic E-state index is -3.03. The molecular formula is C11H16N2O3S. The Balaban J connectivity index is 2.22. The van der Waals surface area contributed by atoms with Crippen molar-refractivity contribution in [2.24, 2.45) is 0 Å². The van der Waals surface area contributed by atoms with E-state index in [1.54, 1.807) is 0 Å². The molecule has 0 radical (unpaired) electrons. The highest BCUT2D eigenvalue weighted by molar-refractivity contribution is 7.90. The van der Waals surface area contributed by atoms with Gasteiger partial charge >= 0.3 is 6.03 Å². The highest BCUT2D eigenvalue weighted by Crippen LogP contribution is 1.96. The van der Waals surface area contributed by atoms with Crippen LogP contribution in [0.15, 0.2) is 30.3 Å². The van der Waals surface area contributed by atoms with Crippen LogP contribution in [-0.2, 0) is 16.4 Å². The van der Waals surface area contributed by atoms with Crippen molar-refractivity contribution in [1.29, 1.82) is 0 Å². The van der Waals surface area contributed by atoms with Gasteiger partial charge in [0.05, 0.1) is 5.75 Å². The maximum atomic E-state index is 11.3. The van der Waals surface area contributed by atoms with Gasteiger partial charge in [0.15, 0.2) is 0 Å². The van der Waals surface area contributed by atoms with E-state index in [0.717, 1.165) is 11.8 Å². The van der Waals surface area contributed by atoms with Gasteiger partial charge in [0.1, 0.15) is 9.84 Å². The summed E-state index contributed by atoms with van der Waals surface area (Å²) in [6.07, 6.45) is 1.14. The molecule has 0 aliphatic heterocycles. The van der Waals surface area contributed by atoms with E-state index >= 15 is 0 Å². The van der Waals surface area contributed by atoms with Gasteiger partial charge in [0.2, 0.25) is 0 Å². The van der Waals surface area contributed by atoms with E-state index in [9.17, 15) is 13.2 Å². The molecule has 0 saturated heterocycles. The molecule has 2 amide bonds. The Bertz CT molecular complexity index is 457. The fraction of sp³-hybridized carbons (Fsp3) is 0.364. The molecule has 94 valence electrons. The molecule has 2 N–H and O–H groups in total. The number of rotatable bonds is 5. The molecule has 0 spiro atoms. The van der Waals surface area contributed by atoms with Crippen LogP contribution >= 0.6 is 0 Å². The molecule has 6 heteroatoms. The molecule has 0 unspecified atom stereocenters. The predicted octanol–water partition coefficient (Wildman–Crippen LogP) is 0.530. The third-order valence-corrected chi connectivity index (χ3v) is 3.00. The second-order valence-corrected chi connectivity index (χ2v) is 5.98. The highest BCUT2D eigenvalue weighted by Gasteiger charge is 2.04. The lowest BCUT2D eigenvalue weighted by molar-refractivity contribution is 0.241. The van der Waals surface area contributed by atoms with Crippen molar-refractivity contribution < 1.29 is 13.2 Å². The Hall–Kier alpha value is -1.56. The van der Waals surface area contributed by atoms with E-state index in [1.165, 1.54) is 0 Å². The van der Waals surface area contributed by atoms with E-state index in [1.807, 2.05) is 30.3 Å². The highest BCUT2D eigenvalue weighted by atomic mass is 32.2. The maximum absolute atomic E-state index is 11.3. The smallest absolute Gasteiger partial charge is 0.315 e. The number of urea groups is 1. The molecule has 1 aromatic rings. The zero-order chi connectivity index (χ0) is 12.7. The van der Waals surface area contributed by atoms with Crippen molar-refractivity contribution in [2.45, 2.75) is 6.54 Å². The van der Waals surface area contributed by atoms with Crippen LogP contribution in [0.25, 0.3) is 0 Å². The normalized spacial score (nSPS) is 10.9. The molecule has 0 atom stereocenters. The van der Waals surface area contributed by atoms with E-state index < -0.39 is 9.84 Å². The fourth-order valence-electron chi connectivity index (χ4n) is 1.19. The number of amides is 2. The molecule has 0 saturated carbocycles. The molecule has 17 heavy (non-hydrogen) atoms. The summed E-state index contributed by atoms with van der Waals surface area (Å²) in [5, 5.41) is 5.12. The van der Waals surface area contributed by atoms with Crippen LogP contribution in [0.5, 0.6) is 0 Å². The van der Waals surface area contributed by atoms with Gasteiger partial charge in [-0.3, -0.25) is 0 Å². The van der Waals surface area contributed by atoms with Crippen LogP contribution in [-0.4, -0.2) is 33.0 Å². The van der Waals surface area contributed by atoms with Crippen molar-refractivity contribution in [1.82, 2.24) is 10.6 Å². The number of carbonyl (C=O) groups excluding carboxylic acids is 1. The Kier molecular flexibility index (Phi) is 4.96. The van der Waals surface area contributed by atoms with Crippen molar-refractivity contribution >= 4 is 15.9 Å². The first-order chi connectivity index (χ1) is 7.97. The third kappa shape index (κ3) is 6.57. The van der Waals surface area contributed by atoms with Gasteiger partial charge < -0.3 is 10.6 Å². The van der Waals surface area contributed by atoms with Crippen molar-refractivity contribution in [2.75, 3.05) is 18.6 Å². The Morgan fingerprint density at radius 1 is 1.18 bits per heavy atom. The van der Waals surface area contributed by atoms with Crippen molar-refractivity contribution in [3.05, 3.63) is 35.9 Å². The van der Waals surface area contributed by atoms with Crippen LogP contribution in [0.3, 0.4) is 0 Å². The molecule has 1 rings (SSSR count). The van der Waals surface area contributed by atoms with Crippen LogP contribution in [0.4, 0.5) is 4.79 Å². The quantitative estimate of drug-likeness (QED) is 0.807. The lowest BCUT2D eigenvalue weighted by Crippen LogP contribution is -2.37. The minimum absolute atomic E-state index is 0.0498. The number of sulfone groups is 1. The van der Waals surface area contributed by atoms with Crippen LogP contribution in [0.2, 0.25) is 0 Å². The molecule has 0 bridgehead atoms. The average molecular weight is 256 g/mol. The second kappa shape index (κ2) is 6.24. The summed E-state index contributed by atoms with van der Waals surface area (Å²) in [5.41, 5.74) is 0.991. The van der Waals surface area contributed by atoms with Gasteiger partial charge in [-0.05, 0) is 5.56 Å². The standard InChI is InChI=1S/C11H16N2O3S/c1-17(15,16)8-7-12-11(14)13-9-10-5-3-2-4-6-10/h2-6H,7-9H2,1H3,(H2,12,13,14). The van der Waals surface area contributed by atoms with Gasteiger partial charge in [0.25, 0.3) is 0 Å². The van der Waals surface area contributed by atoms with Crippen molar-refractivity contribution in [3.63, 3.8) is 0 Å². The van der Waals surface area contributed by atoms with Gasteiger partial charge in [-0.1, -0.05) is 30.3 Å². The molecule has 0 aliphatic rings. The third-order valence-electron chi connectivity index (χ3n) is 2.05. The molecule has 0 fully saturated rings. The van der Waals surface area contributed by atoms with Gasteiger partial charge in [-0.15, -0.1) is 0 Å². The van der Waals surface area contributed by atoms with E-state index in [4.69, 9.17) is 0 Å². The number of carbonyl (C=O) groups is 1. The largest absolute Gasteiger partial charge is 0.337 e. The predicted molar refractivity (Wildman–Crippen MR) is 66.4 cm³/mol. The molecule has 1 aromatic carbocycles. The Morgan fingerprint density at radius 2 is 1.82 bits per heavy atom. The maximum Gasteiger partial charge on any atom is 0.315 e. The topological polar surface area (TPSA) is 75.3 Å². The van der Waals surface area contributed by atoms with Gasteiger partial charge in [-0.2, -0.15) is 0 Å². The summed E-state index contributed by atoms with van der Waals surface area (Å²) < 4.78 is 21.6. The Morgan fingerprint density at radius 3 is 2.41 bits per heavy atom. The van der Waals surface area contributed by atoms with Crippen LogP contribution < -0.4 is 10.6 Å². The van der Waals surface area contributed by atoms with Crippen LogP contribution in [0.1, 0.15) is 5.56 Å².